The third-order valence-electron chi connectivity index (χ3n) is 5.31. The number of aromatic nitrogens is 1. The maximum absolute atomic E-state index is 13.3. The number of ether oxygens (including phenoxy) is 1. The third kappa shape index (κ3) is 6.87. The molecule has 0 saturated carbocycles. The van der Waals surface area contributed by atoms with Gasteiger partial charge < -0.3 is 14.7 Å². The molecule has 1 aromatic heterocycles. The summed E-state index contributed by atoms with van der Waals surface area (Å²) in [5.74, 6) is -0.317. The quantitative estimate of drug-likeness (QED) is 0.369. The highest BCUT2D eigenvalue weighted by Crippen LogP contribution is 2.29. The van der Waals surface area contributed by atoms with Crippen LogP contribution in [0.15, 0.2) is 10.4 Å². The standard InChI is InChI=1S/C22H37N3O4S/c1-8-11-25(21(27)19(23-7)15(6)9-2)17(14(4)5)12-18(26)20-24-16(13-30-20)22(28)29-10-3/h13-15,17-19,26H,7-12H2,1-6H3/t15?,17-,18-,19+/m1/s1. The van der Waals surface area contributed by atoms with Gasteiger partial charge in [0, 0.05) is 24.4 Å². The molecule has 0 radical (unpaired) electrons. The molecular formula is C22H37N3O4S. The number of carbonyl (C=O) groups excluding carboxylic acids is 2. The van der Waals surface area contributed by atoms with Gasteiger partial charge in [0.05, 0.1) is 6.61 Å². The molecule has 7 nitrogen and oxygen atoms in total. The minimum Gasteiger partial charge on any atom is -0.461 e. The Labute approximate surface area is 184 Å². The first-order chi connectivity index (χ1) is 14.2. The van der Waals surface area contributed by atoms with E-state index in [1.807, 2.05) is 39.5 Å². The van der Waals surface area contributed by atoms with Gasteiger partial charge in [-0.2, -0.15) is 0 Å². The van der Waals surface area contributed by atoms with Crippen LogP contribution in [0.2, 0.25) is 0 Å². The number of aliphatic hydroxyl groups is 1. The molecule has 0 aromatic carbocycles. The molecule has 1 unspecified atom stereocenters. The topological polar surface area (TPSA) is 92.1 Å². The third-order valence-corrected chi connectivity index (χ3v) is 6.25. The molecular weight excluding hydrogens is 402 g/mol. The summed E-state index contributed by atoms with van der Waals surface area (Å²) in [5, 5.41) is 12.9. The molecule has 0 bridgehead atoms. The summed E-state index contributed by atoms with van der Waals surface area (Å²) in [5.41, 5.74) is 0.200. The molecule has 1 rings (SSSR count). The van der Waals surface area contributed by atoms with Gasteiger partial charge in [0.15, 0.2) is 5.69 Å². The summed E-state index contributed by atoms with van der Waals surface area (Å²) < 4.78 is 4.97. The zero-order valence-electron chi connectivity index (χ0n) is 19.1. The van der Waals surface area contributed by atoms with Crippen LogP contribution in [0, 0.1) is 11.8 Å². The number of thiazole rings is 1. The van der Waals surface area contributed by atoms with E-state index in [9.17, 15) is 14.7 Å². The summed E-state index contributed by atoms with van der Waals surface area (Å²) in [7, 11) is 0. The van der Waals surface area contributed by atoms with E-state index >= 15 is 0 Å². The lowest BCUT2D eigenvalue weighted by Crippen LogP contribution is -2.49. The number of esters is 1. The van der Waals surface area contributed by atoms with Crippen molar-refractivity contribution >= 4 is 29.9 Å². The molecule has 30 heavy (non-hydrogen) atoms. The van der Waals surface area contributed by atoms with E-state index in [2.05, 4.69) is 16.7 Å². The molecule has 4 atom stereocenters. The fraction of sp³-hybridized carbons (Fsp3) is 0.727. The predicted molar refractivity (Wildman–Crippen MR) is 121 cm³/mol. The van der Waals surface area contributed by atoms with E-state index in [0.717, 1.165) is 12.8 Å². The van der Waals surface area contributed by atoms with Crippen molar-refractivity contribution in [3.8, 4) is 0 Å². The highest BCUT2D eigenvalue weighted by Gasteiger charge is 2.34. The van der Waals surface area contributed by atoms with E-state index in [-0.39, 0.29) is 36.1 Å². The number of hydrogen-bond acceptors (Lipinski definition) is 7. The highest BCUT2D eigenvalue weighted by molar-refractivity contribution is 7.09. The Balaban J connectivity index is 3.08. The average Bonchev–Trinajstić information content (AvgIpc) is 3.21. The lowest BCUT2D eigenvalue weighted by molar-refractivity contribution is -0.137. The molecule has 0 aliphatic rings. The second kappa shape index (κ2) is 12.8. The number of rotatable bonds is 13. The molecule has 1 aromatic rings. The zero-order chi connectivity index (χ0) is 22.8. The van der Waals surface area contributed by atoms with Crippen molar-refractivity contribution in [3.63, 3.8) is 0 Å². The molecule has 8 heteroatoms. The Morgan fingerprint density at radius 1 is 1.30 bits per heavy atom. The fourth-order valence-electron chi connectivity index (χ4n) is 3.40. The van der Waals surface area contributed by atoms with E-state index in [1.165, 1.54) is 11.3 Å². The first kappa shape index (κ1) is 26.2. The van der Waals surface area contributed by atoms with Crippen molar-refractivity contribution in [2.24, 2.45) is 16.8 Å². The van der Waals surface area contributed by atoms with Crippen molar-refractivity contribution in [1.82, 2.24) is 9.88 Å². The molecule has 0 fully saturated rings. The first-order valence-corrected chi connectivity index (χ1v) is 11.7. The van der Waals surface area contributed by atoms with Crippen LogP contribution in [0.25, 0.3) is 0 Å². The zero-order valence-corrected chi connectivity index (χ0v) is 19.9. The van der Waals surface area contributed by atoms with E-state index in [0.29, 0.717) is 18.0 Å². The minimum atomic E-state index is -0.878. The molecule has 1 amide bonds. The van der Waals surface area contributed by atoms with Crippen molar-refractivity contribution in [3.05, 3.63) is 16.1 Å². The molecule has 0 saturated heterocycles. The van der Waals surface area contributed by atoms with E-state index in [1.54, 1.807) is 12.3 Å². The van der Waals surface area contributed by atoms with Gasteiger partial charge in [0.2, 0.25) is 5.91 Å². The van der Waals surface area contributed by atoms with Crippen LogP contribution < -0.4 is 0 Å². The van der Waals surface area contributed by atoms with E-state index in [4.69, 9.17) is 4.74 Å². The number of carbonyl (C=O) groups is 2. The number of amides is 1. The number of aliphatic hydroxyl groups excluding tert-OH is 1. The Bertz CT molecular complexity index is 692. The summed E-state index contributed by atoms with van der Waals surface area (Å²) in [6.45, 7) is 16.4. The maximum Gasteiger partial charge on any atom is 0.357 e. The number of nitrogens with zero attached hydrogens (tertiary/aromatic N) is 3. The van der Waals surface area contributed by atoms with Gasteiger partial charge in [0.25, 0.3) is 0 Å². The van der Waals surface area contributed by atoms with Crippen LogP contribution in [-0.2, 0) is 9.53 Å². The van der Waals surface area contributed by atoms with Gasteiger partial charge in [-0.15, -0.1) is 11.3 Å². The van der Waals surface area contributed by atoms with Gasteiger partial charge in [-0.3, -0.25) is 9.79 Å². The number of hydrogen-bond donors (Lipinski definition) is 1. The van der Waals surface area contributed by atoms with Crippen LogP contribution in [0.1, 0.15) is 82.4 Å². The molecule has 0 aliphatic carbocycles. The Morgan fingerprint density at radius 3 is 2.47 bits per heavy atom. The summed E-state index contributed by atoms with van der Waals surface area (Å²) in [6.07, 6.45) is 1.10. The Kier molecular flexibility index (Phi) is 11.2. The Morgan fingerprint density at radius 2 is 1.97 bits per heavy atom. The van der Waals surface area contributed by atoms with Gasteiger partial charge >= 0.3 is 5.97 Å². The minimum absolute atomic E-state index is 0.0431. The molecule has 170 valence electrons. The van der Waals surface area contributed by atoms with Crippen LogP contribution in [0.4, 0.5) is 0 Å². The first-order valence-electron chi connectivity index (χ1n) is 10.8. The predicted octanol–water partition coefficient (Wildman–Crippen LogP) is 4.12. The van der Waals surface area contributed by atoms with Gasteiger partial charge in [-0.05, 0) is 31.9 Å². The summed E-state index contributed by atoms with van der Waals surface area (Å²) >= 11 is 1.22. The van der Waals surface area contributed by atoms with E-state index < -0.39 is 18.1 Å². The van der Waals surface area contributed by atoms with Crippen molar-refractivity contribution in [2.45, 2.75) is 79.0 Å². The van der Waals surface area contributed by atoms with Gasteiger partial charge in [-0.1, -0.05) is 41.0 Å². The highest BCUT2D eigenvalue weighted by atomic mass is 32.1. The second-order valence-electron chi connectivity index (χ2n) is 7.90. The molecule has 1 heterocycles. The van der Waals surface area contributed by atoms with Crippen LogP contribution in [0.5, 0.6) is 0 Å². The lowest BCUT2D eigenvalue weighted by atomic mass is 9.92. The smallest absolute Gasteiger partial charge is 0.357 e. The largest absolute Gasteiger partial charge is 0.461 e. The van der Waals surface area contributed by atoms with Crippen molar-refractivity contribution in [2.75, 3.05) is 13.2 Å². The SMILES string of the molecule is C=N[C@H](C(=O)N(CCC)[C@H](C[C@@H](O)c1nc(C(=O)OCC)cs1)C(C)C)C(C)CC. The van der Waals surface area contributed by atoms with Crippen LogP contribution >= 0.6 is 11.3 Å². The van der Waals surface area contributed by atoms with Gasteiger partial charge in [-0.25, -0.2) is 9.78 Å². The Hall–Kier alpha value is -1.80. The molecule has 0 aliphatic heterocycles. The van der Waals surface area contributed by atoms with Crippen LogP contribution in [0.3, 0.4) is 0 Å². The lowest BCUT2D eigenvalue weighted by Gasteiger charge is -2.37. The molecule has 1 N–H and O–H groups in total. The number of aliphatic imine (C=N–C) groups is 1. The normalized spacial score (nSPS) is 15.3. The van der Waals surface area contributed by atoms with Crippen LogP contribution in [-0.4, -0.2) is 58.8 Å². The monoisotopic (exact) mass is 439 g/mol. The summed E-state index contributed by atoms with van der Waals surface area (Å²) in [6, 6.07) is -0.675. The fourth-order valence-corrected chi connectivity index (χ4v) is 4.19. The summed E-state index contributed by atoms with van der Waals surface area (Å²) in [4.78, 5) is 35.4. The maximum atomic E-state index is 13.3. The second-order valence-corrected chi connectivity index (χ2v) is 8.79. The van der Waals surface area contributed by atoms with Crippen molar-refractivity contribution < 1.29 is 19.4 Å². The average molecular weight is 440 g/mol. The van der Waals surface area contributed by atoms with Crippen molar-refractivity contribution in [1.29, 1.82) is 0 Å². The van der Waals surface area contributed by atoms with Gasteiger partial charge in [0.1, 0.15) is 17.2 Å². The molecule has 0 spiro atoms.